The largest absolute Gasteiger partial charge is 0.417 e. The van der Waals surface area contributed by atoms with Crippen LogP contribution in [0.1, 0.15) is 107 Å². The van der Waals surface area contributed by atoms with Crippen LogP contribution >= 0.6 is 0 Å². The standard InChI is InChI=1S/C29H54O4Si/c1-21(2)25(3,4)34(10,11)32-19-12-16-29(9)23(30)14-13-22-27(7)18-20-31-26(5,6)33-24(27)15-17-28(22,29)8/h21-22,24H,12-20H2,1-11H3/t22-,24-,27-,28-,29-/m1/s1. The smallest absolute Gasteiger partial charge is 0.192 e. The average molecular weight is 495 g/mol. The number of fused-ring (bicyclic) bond motifs is 3. The van der Waals surface area contributed by atoms with Gasteiger partial charge in [0, 0.05) is 18.4 Å². The topological polar surface area (TPSA) is 44.8 Å². The van der Waals surface area contributed by atoms with E-state index in [1.54, 1.807) is 0 Å². The first-order chi connectivity index (χ1) is 15.4. The third-order valence-corrected chi connectivity index (χ3v) is 16.2. The van der Waals surface area contributed by atoms with Gasteiger partial charge in [-0.2, -0.15) is 0 Å². The fourth-order valence-electron chi connectivity index (χ4n) is 7.55. The Bertz CT molecular complexity index is 759. The average Bonchev–Trinajstić information content (AvgIpc) is 2.83. The Kier molecular flexibility index (Phi) is 7.72. The molecule has 2 saturated carbocycles. The van der Waals surface area contributed by atoms with Crippen molar-refractivity contribution in [2.75, 3.05) is 13.2 Å². The van der Waals surface area contributed by atoms with Crippen molar-refractivity contribution in [2.45, 2.75) is 137 Å². The number of rotatable bonds is 7. The highest BCUT2D eigenvalue weighted by Crippen LogP contribution is 2.66. The zero-order valence-electron chi connectivity index (χ0n) is 24.2. The lowest BCUT2D eigenvalue weighted by atomic mass is 9.41. The number of ketones is 1. The van der Waals surface area contributed by atoms with Gasteiger partial charge < -0.3 is 13.9 Å². The maximum Gasteiger partial charge on any atom is 0.192 e. The van der Waals surface area contributed by atoms with Gasteiger partial charge in [-0.25, -0.2) is 0 Å². The van der Waals surface area contributed by atoms with Crippen molar-refractivity contribution in [3.8, 4) is 0 Å². The molecule has 3 rings (SSSR count). The quantitative estimate of drug-likeness (QED) is 0.268. The van der Waals surface area contributed by atoms with E-state index in [1.807, 2.05) is 13.8 Å². The molecule has 0 unspecified atom stereocenters. The van der Waals surface area contributed by atoms with Crippen LogP contribution in [-0.4, -0.2) is 39.2 Å². The van der Waals surface area contributed by atoms with Crippen molar-refractivity contribution in [1.29, 1.82) is 0 Å². The van der Waals surface area contributed by atoms with E-state index < -0.39 is 14.1 Å². The molecule has 0 aromatic rings. The zero-order valence-corrected chi connectivity index (χ0v) is 25.2. The summed E-state index contributed by atoms with van der Waals surface area (Å²) in [4.78, 5) is 13.6. The van der Waals surface area contributed by atoms with E-state index in [0.717, 1.165) is 51.7 Å². The summed E-state index contributed by atoms with van der Waals surface area (Å²) in [7, 11) is -1.85. The van der Waals surface area contributed by atoms with E-state index >= 15 is 0 Å². The monoisotopic (exact) mass is 494 g/mol. The first-order valence-corrected chi connectivity index (χ1v) is 16.8. The second-order valence-corrected chi connectivity index (χ2v) is 18.8. The SMILES string of the molecule is CC(C)C(C)(C)[Si](C)(C)OCCC[C@]1(C)C(=O)CC[C@@H]2[C@@]3(C)CCOC(C)(C)O[C@@H]3CC[C@]21C. The first kappa shape index (κ1) is 28.3. The van der Waals surface area contributed by atoms with Gasteiger partial charge in [0.25, 0.3) is 0 Å². The Hall–Kier alpha value is -0.233. The Morgan fingerprint density at radius 1 is 1.09 bits per heavy atom. The van der Waals surface area contributed by atoms with Gasteiger partial charge in [0.1, 0.15) is 5.78 Å². The van der Waals surface area contributed by atoms with Crippen molar-refractivity contribution in [3.63, 3.8) is 0 Å². The summed E-state index contributed by atoms with van der Waals surface area (Å²) in [5.74, 6) is 1.02. The highest BCUT2D eigenvalue weighted by atomic mass is 28.4. The molecule has 1 heterocycles. The fourth-order valence-corrected chi connectivity index (χ4v) is 9.96. The van der Waals surface area contributed by atoms with Crippen molar-refractivity contribution in [2.24, 2.45) is 28.1 Å². The molecule has 2 aliphatic carbocycles. The maximum atomic E-state index is 13.6. The molecule has 0 radical (unpaired) electrons. The molecule has 3 aliphatic rings. The third kappa shape index (κ3) is 4.61. The highest BCUT2D eigenvalue weighted by molar-refractivity contribution is 6.74. The summed E-state index contributed by atoms with van der Waals surface area (Å²) in [5, 5.41) is 0.219. The predicted octanol–water partition coefficient (Wildman–Crippen LogP) is 7.76. The van der Waals surface area contributed by atoms with Crippen LogP contribution in [0, 0.1) is 28.1 Å². The minimum Gasteiger partial charge on any atom is -0.417 e. The molecule has 5 heteroatoms. The summed E-state index contributed by atoms with van der Waals surface area (Å²) in [6, 6.07) is 0. The Morgan fingerprint density at radius 2 is 1.74 bits per heavy atom. The number of hydrogen-bond donors (Lipinski definition) is 0. The van der Waals surface area contributed by atoms with E-state index in [9.17, 15) is 4.79 Å². The van der Waals surface area contributed by atoms with Crippen LogP contribution in [0.2, 0.25) is 18.1 Å². The van der Waals surface area contributed by atoms with Crippen molar-refractivity contribution in [1.82, 2.24) is 0 Å². The molecular weight excluding hydrogens is 440 g/mol. The van der Waals surface area contributed by atoms with Gasteiger partial charge in [0.15, 0.2) is 14.1 Å². The first-order valence-electron chi connectivity index (χ1n) is 13.9. The van der Waals surface area contributed by atoms with E-state index in [1.165, 1.54) is 0 Å². The second-order valence-electron chi connectivity index (χ2n) is 14.3. The van der Waals surface area contributed by atoms with Crippen LogP contribution in [0.5, 0.6) is 0 Å². The summed E-state index contributed by atoms with van der Waals surface area (Å²) in [6.07, 6.45) is 6.85. The molecule has 0 amide bonds. The molecule has 0 aromatic heterocycles. The van der Waals surface area contributed by atoms with Crippen molar-refractivity contribution in [3.05, 3.63) is 0 Å². The van der Waals surface area contributed by atoms with Gasteiger partial charge in [0.2, 0.25) is 0 Å². The van der Waals surface area contributed by atoms with E-state index in [4.69, 9.17) is 13.9 Å². The molecule has 3 fully saturated rings. The molecule has 0 spiro atoms. The van der Waals surface area contributed by atoms with Crippen LogP contribution in [0.3, 0.4) is 0 Å². The van der Waals surface area contributed by atoms with E-state index in [2.05, 4.69) is 61.6 Å². The Labute approximate surface area is 211 Å². The lowest BCUT2D eigenvalue weighted by Gasteiger charge is -2.63. The van der Waals surface area contributed by atoms with Gasteiger partial charge in [-0.15, -0.1) is 0 Å². The minimum absolute atomic E-state index is 0.00439. The number of ether oxygens (including phenoxy) is 2. The minimum atomic E-state index is -1.85. The molecule has 0 N–H and O–H groups in total. The second kappa shape index (κ2) is 9.26. The molecule has 0 bridgehead atoms. The molecule has 34 heavy (non-hydrogen) atoms. The van der Waals surface area contributed by atoms with Gasteiger partial charge in [0.05, 0.1) is 12.7 Å². The van der Waals surface area contributed by atoms with Gasteiger partial charge >= 0.3 is 0 Å². The Balaban J connectivity index is 1.76. The molecular formula is C29H54O4Si. The van der Waals surface area contributed by atoms with E-state index in [-0.39, 0.29) is 27.4 Å². The number of Topliss-reactive ketones (excluding diaryl/α,β-unsaturated/α-hetero) is 1. The normalized spacial score (nSPS) is 38.9. The van der Waals surface area contributed by atoms with Crippen molar-refractivity contribution >= 4 is 14.1 Å². The lowest BCUT2D eigenvalue weighted by molar-refractivity contribution is -0.257. The Morgan fingerprint density at radius 3 is 2.35 bits per heavy atom. The molecule has 1 saturated heterocycles. The van der Waals surface area contributed by atoms with Crippen LogP contribution in [0.25, 0.3) is 0 Å². The predicted molar refractivity (Wildman–Crippen MR) is 142 cm³/mol. The molecule has 5 atom stereocenters. The molecule has 198 valence electrons. The molecule has 0 aromatic carbocycles. The zero-order chi connectivity index (χ0) is 25.8. The lowest BCUT2D eigenvalue weighted by Crippen LogP contribution is -2.62. The summed E-state index contributed by atoms with van der Waals surface area (Å²) >= 11 is 0. The summed E-state index contributed by atoms with van der Waals surface area (Å²) < 4.78 is 19.3. The fraction of sp³-hybridized carbons (Fsp3) is 0.966. The summed E-state index contributed by atoms with van der Waals surface area (Å²) in [6.45, 7) is 26.8. The number of carbonyl (C=O) groups excluding carboxylic acids is 1. The number of carbonyl (C=O) groups is 1. The van der Waals surface area contributed by atoms with Gasteiger partial charge in [-0.3, -0.25) is 4.79 Å². The highest BCUT2D eigenvalue weighted by Gasteiger charge is 2.64. The van der Waals surface area contributed by atoms with Gasteiger partial charge in [-0.05, 0) is 93.2 Å². The number of hydrogen-bond acceptors (Lipinski definition) is 4. The van der Waals surface area contributed by atoms with Crippen LogP contribution in [0.4, 0.5) is 0 Å². The third-order valence-electron chi connectivity index (χ3n) is 11.6. The van der Waals surface area contributed by atoms with E-state index in [0.29, 0.717) is 24.0 Å². The van der Waals surface area contributed by atoms with Crippen LogP contribution in [0.15, 0.2) is 0 Å². The van der Waals surface area contributed by atoms with Crippen LogP contribution in [-0.2, 0) is 18.7 Å². The van der Waals surface area contributed by atoms with Crippen molar-refractivity contribution < 1.29 is 18.7 Å². The van der Waals surface area contributed by atoms with Gasteiger partial charge in [-0.1, -0.05) is 48.5 Å². The summed E-state index contributed by atoms with van der Waals surface area (Å²) in [5.41, 5.74) is -0.250. The van der Waals surface area contributed by atoms with Crippen LogP contribution < -0.4 is 0 Å². The maximum absolute atomic E-state index is 13.6. The molecule has 4 nitrogen and oxygen atoms in total. The molecule has 1 aliphatic heterocycles.